The SMILES string of the molecule is CCCC(N1CCOCC1)[SiH](OCC)OCC. The molecule has 1 heterocycles. The molecule has 1 fully saturated rings. The number of hydrogen-bond donors (Lipinski definition) is 0. The molecule has 0 aromatic heterocycles. The lowest BCUT2D eigenvalue weighted by atomic mass is 10.3. The third-order valence-electron chi connectivity index (χ3n) is 3.08. The topological polar surface area (TPSA) is 30.9 Å². The van der Waals surface area contributed by atoms with Gasteiger partial charge in [0.1, 0.15) is 0 Å². The summed E-state index contributed by atoms with van der Waals surface area (Å²) in [5, 5.41) is 0. The van der Waals surface area contributed by atoms with Crippen LogP contribution in [0.2, 0.25) is 0 Å². The molecule has 1 saturated heterocycles. The molecule has 0 aromatic rings. The van der Waals surface area contributed by atoms with Crippen LogP contribution < -0.4 is 0 Å². The van der Waals surface area contributed by atoms with Gasteiger partial charge >= 0.3 is 9.28 Å². The highest BCUT2D eigenvalue weighted by Crippen LogP contribution is 2.14. The minimum Gasteiger partial charge on any atom is -0.396 e. The summed E-state index contributed by atoms with van der Waals surface area (Å²) in [5.74, 6) is 0. The minimum absolute atomic E-state index is 0.504. The molecule has 0 aromatic carbocycles. The van der Waals surface area contributed by atoms with Crippen LogP contribution in [-0.2, 0) is 13.6 Å². The molecule has 0 N–H and O–H groups in total. The average molecular weight is 261 g/mol. The van der Waals surface area contributed by atoms with Gasteiger partial charge in [-0.2, -0.15) is 0 Å². The van der Waals surface area contributed by atoms with Gasteiger partial charge in [-0.3, -0.25) is 4.90 Å². The van der Waals surface area contributed by atoms with Crippen LogP contribution in [0.15, 0.2) is 0 Å². The quantitative estimate of drug-likeness (QED) is 0.617. The third-order valence-corrected chi connectivity index (χ3v) is 5.78. The van der Waals surface area contributed by atoms with Crippen molar-refractivity contribution in [3.05, 3.63) is 0 Å². The van der Waals surface area contributed by atoms with E-state index in [-0.39, 0.29) is 0 Å². The zero-order valence-electron chi connectivity index (χ0n) is 11.5. The van der Waals surface area contributed by atoms with Crippen molar-refractivity contribution >= 4 is 9.28 Å². The number of nitrogens with zero attached hydrogens (tertiary/aromatic N) is 1. The summed E-state index contributed by atoms with van der Waals surface area (Å²) in [6.07, 6.45) is 2.36. The zero-order chi connectivity index (χ0) is 12.5. The molecule has 102 valence electrons. The van der Waals surface area contributed by atoms with Gasteiger partial charge in [-0.1, -0.05) is 13.3 Å². The van der Waals surface area contributed by atoms with E-state index in [1.54, 1.807) is 0 Å². The Kier molecular flexibility index (Phi) is 8.05. The van der Waals surface area contributed by atoms with E-state index in [4.69, 9.17) is 13.6 Å². The van der Waals surface area contributed by atoms with Crippen molar-refractivity contribution in [3.63, 3.8) is 0 Å². The zero-order valence-corrected chi connectivity index (χ0v) is 12.6. The van der Waals surface area contributed by atoms with Crippen LogP contribution in [0.5, 0.6) is 0 Å². The van der Waals surface area contributed by atoms with E-state index < -0.39 is 9.28 Å². The Balaban J connectivity index is 2.58. The van der Waals surface area contributed by atoms with Gasteiger partial charge < -0.3 is 13.6 Å². The van der Waals surface area contributed by atoms with E-state index in [1.807, 2.05) is 0 Å². The lowest BCUT2D eigenvalue weighted by Gasteiger charge is -2.37. The molecule has 4 nitrogen and oxygen atoms in total. The van der Waals surface area contributed by atoms with Crippen molar-refractivity contribution in [3.8, 4) is 0 Å². The lowest BCUT2D eigenvalue weighted by molar-refractivity contribution is 0.0196. The molecular weight excluding hydrogens is 234 g/mol. The van der Waals surface area contributed by atoms with Crippen LogP contribution in [0.25, 0.3) is 0 Å². The van der Waals surface area contributed by atoms with E-state index >= 15 is 0 Å². The number of hydrogen-bond acceptors (Lipinski definition) is 4. The van der Waals surface area contributed by atoms with Crippen LogP contribution in [0, 0.1) is 0 Å². The summed E-state index contributed by atoms with van der Waals surface area (Å²) in [6, 6.07) is 0. The van der Waals surface area contributed by atoms with Gasteiger partial charge in [-0.25, -0.2) is 0 Å². The van der Waals surface area contributed by atoms with Crippen molar-refractivity contribution in [2.45, 2.75) is 39.3 Å². The van der Waals surface area contributed by atoms with E-state index in [9.17, 15) is 0 Å². The number of rotatable bonds is 8. The second-order valence-electron chi connectivity index (χ2n) is 4.28. The third kappa shape index (κ3) is 5.05. The minimum atomic E-state index is -1.57. The first-order valence-electron chi connectivity index (χ1n) is 6.88. The molecular formula is C12H27NO3Si. The lowest BCUT2D eigenvalue weighted by Crippen LogP contribution is -2.53. The first-order valence-corrected chi connectivity index (χ1v) is 8.49. The Bertz CT molecular complexity index is 183. The van der Waals surface area contributed by atoms with Crippen LogP contribution in [0.1, 0.15) is 33.6 Å². The molecule has 0 saturated carbocycles. The van der Waals surface area contributed by atoms with Crippen LogP contribution in [-0.4, -0.2) is 59.4 Å². The van der Waals surface area contributed by atoms with Gasteiger partial charge in [-0.05, 0) is 20.3 Å². The molecule has 1 aliphatic heterocycles. The highest BCUT2D eigenvalue weighted by atomic mass is 28.3. The highest BCUT2D eigenvalue weighted by Gasteiger charge is 2.31. The largest absolute Gasteiger partial charge is 0.396 e. The maximum atomic E-state index is 5.88. The number of morpholine rings is 1. The van der Waals surface area contributed by atoms with Gasteiger partial charge in [0.2, 0.25) is 0 Å². The fourth-order valence-electron chi connectivity index (χ4n) is 2.29. The van der Waals surface area contributed by atoms with Crippen LogP contribution in [0.4, 0.5) is 0 Å². The summed E-state index contributed by atoms with van der Waals surface area (Å²) in [4.78, 5) is 2.51. The fraction of sp³-hybridized carbons (Fsp3) is 1.00. The number of ether oxygens (including phenoxy) is 1. The molecule has 0 radical (unpaired) electrons. The maximum absolute atomic E-state index is 5.88. The van der Waals surface area contributed by atoms with Crippen LogP contribution in [0.3, 0.4) is 0 Å². The molecule has 1 atom stereocenters. The van der Waals surface area contributed by atoms with E-state index in [0.717, 1.165) is 39.5 Å². The van der Waals surface area contributed by atoms with Gasteiger partial charge in [0.15, 0.2) is 0 Å². The second kappa shape index (κ2) is 9.05. The first-order chi connectivity index (χ1) is 8.33. The standard InChI is InChI=1S/C12H27NO3Si/c1-4-7-12(13-8-10-14-11-9-13)17(15-5-2)16-6-3/h12,17H,4-11H2,1-3H3. The molecule has 0 spiro atoms. The molecule has 0 amide bonds. The van der Waals surface area contributed by atoms with E-state index in [2.05, 4.69) is 25.7 Å². The molecule has 5 heteroatoms. The molecule has 1 rings (SSSR count). The molecule has 1 aliphatic rings. The summed E-state index contributed by atoms with van der Waals surface area (Å²) in [5.41, 5.74) is 0.504. The van der Waals surface area contributed by atoms with Gasteiger partial charge in [-0.15, -0.1) is 0 Å². The average Bonchev–Trinajstić information content (AvgIpc) is 2.37. The predicted molar refractivity (Wildman–Crippen MR) is 71.5 cm³/mol. The molecule has 0 bridgehead atoms. The normalized spacial score (nSPS) is 19.8. The smallest absolute Gasteiger partial charge is 0.339 e. The fourth-order valence-corrected chi connectivity index (χ4v) is 4.74. The van der Waals surface area contributed by atoms with E-state index in [0.29, 0.717) is 5.67 Å². The Morgan fingerprint density at radius 1 is 1.12 bits per heavy atom. The van der Waals surface area contributed by atoms with E-state index in [1.165, 1.54) is 12.8 Å². The van der Waals surface area contributed by atoms with Crippen molar-refractivity contribution in [1.29, 1.82) is 0 Å². The second-order valence-corrected chi connectivity index (χ2v) is 6.46. The maximum Gasteiger partial charge on any atom is 0.339 e. The first kappa shape index (κ1) is 15.1. The molecule has 17 heavy (non-hydrogen) atoms. The summed E-state index contributed by atoms with van der Waals surface area (Å²) < 4.78 is 17.2. The molecule has 0 aliphatic carbocycles. The van der Waals surface area contributed by atoms with Gasteiger partial charge in [0.05, 0.1) is 18.9 Å². The van der Waals surface area contributed by atoms with Gasteiger partial charge in [0.25, 0.3) is 0 Å². The van der Waals surface area contributed by atoms with Crippen molar-refractivity contribution < 1.29 is 13.6 Å². The van der Waals surface area contributed by atoms with Crippen molar-refractivity contribution in [2.75, 3.05) is 39.5 Å². The van der Waals surface area contributed by atoms with Crippen molar-refractivity contribution in [1.82, 2.24) is 4.90 Å². The Labute approximate surface area is 107 Å². The summed E-state index contributed by atoms with van der Waals surface area (Å²) >= 11 is 0. The Morgan fingerprint density at radius 3 is 2.18 bits per heavy atom. The Hall–Kier alpha value is 0.0569. The Morgan fingerprint density at radius 2 is 1.71 bits per heavy atom. The monoisotopic (exact) mass is 261 g/mol. The summed E-state index contributed by atoms with van der Waals surface area (Å²) in [6.45, 7) is 11.6. The van der Waals surface area contributed by atoms with Crippen molar-refractivity contribution in [2.24, 2.45) is 0 Å². The summed E-state index contributed by atoms with van der Waals surface area (Å²) in [7, 11) is -1.57. The highest BCUT2D eigenvalue weighted by molar-refractivity contribution is 6.46. The predicted octanol–water partition coefficient (Wildman–Crippen LogP) is 1.32. The molecule has 1 unspecified atom stereocenters. The van der Waals surface area contributed by atoms with Gasteiger partial charge in [0, 0.05) is 26.3 Å². The van der Waals surface area contributed by atoms with Crippen LogP contribution >= 0.6 is 0 Å².